The van der Waals surface area contributed by atoms with Crippen molar-refractivity contribution in [3.05, 3.63) is 18.1 Å². The van der Waals surface area contributed by atoms with Crippen LogP contribution in [0, 0.1) is 0 Å². The molecule has 2 heterocycles. The molecular weight excluding hydrogens is 218 g/mol. The van der Waals surface area contributed by atoms with E-state index in [0.29, 0.717) is 13.2 Å². The van der Waals surface area contributed by atoms with Gasteiger partial charge in [-0.15, -0.1) is 0 Å². The van der Waals surface area contributed by atoms with Gasteiger partial charge in [-0.05, 0) is 12.8 Å². The summed E-state index contributed by atoms with van der Waals surface area (Å²) < 4.78 is 5.03. The monoisotopic (exact) mass is 237 g/mol. The van der Waals surface area contributed by atoms with E-state index in [9.17, 15) is 5.11 Å². The number of aromatic nitrogens is 2. The maximum Gasteiger partial charge on any atom is 0.132 e. The van der Waals surface area contributed by atoms with Crippen LogP contribution in [-0.4, -0.2) is 48.0 Å². The molecule has 0 saturated carbocycles. The van der Waals surface area contributed by atoms with Crippen molar-refractivity contribution in [1.82, 2.24) is 9.97 Å². The zero-order valence-corrected chi connectivity index (χ0v) is 10.2. The van der Waals surface area contributed by atoms with Gasteiger partial charge in [0.25, 0.3) is 0 Å². The van der Waals surface area contributed by atoms with Gasteiger partial charge in [0.1, 0.15) is 12.1 Å². The van der Waals surface area contributed by atoms with Crippen LogP contribution in [0.3, 0.4) is 0 Å². The first kappa shape index (κ1) is 12.3. The Morgan fingerprint density at radius 1 is 1.53 bits per heavy atom. The Labute approximate surface area is 101 Å². The Hall–Kier alpha value is -1.20. The zero-order chi connectivity index (χ0) is 12.1. The van der Waals surface area contributed by atoms with Crippen LogP contribution in [0.5, 0.6) is 0 Å². The number of piperidine rings is 1. The highest BCUT2D eigenvalue weighted by molar-refractivity contribution is 5.39. The molecule has 17 heavy (non-hydrogen) atoms. The van der Waals surface area contributed by atoms with Gasteiger partial charge < -0.3 is 14.7 Å². The van der Waals surface area contributed by atoms with Gasteiger partial charge in [-0.3, -0.25) is 0 Å². The van der Waals surface area contributed by atoms with E-state index in [2.05, 4.69) is 14.9 Å². The number of aliphatic hydroxyl groups excluding tert-OH is 1. The van der Waals surface area contributed by atoms with Crippen molar-refractivity contribution in [2.24, 2.45) is 0 Å². The molecule has 1 saturated heterocycles. The summed E-state index contributed by atoms with van der Waals surface area (Å²) in [5.74, 6) is 0.907. The fourth-order valence-corrected chi connectivity index (χ4v) is 2.06. The van der Waals surface area contributed by atoms with Gasteiger partial charge in [-0.25, -0.2) is 9.97 Å². The van der Waals surface area contributed by atoms with Crippen LogP contribution in [0.15, 0.2) is 12.4 Å². The lowest BCUT2D eigenvalue weighted by atomic mass is 10.1. The van der Waals surface area contributed by atoms with E-state index in [1.54, 1.807) is 13.4 Å². The third-order valence-corrected chi connectivity index (χ3v) is 2.99. The minimum atomic E-state index is -0.235. The largest absolute Gasteiger partial charge is 0.391 e. The second-order valence-electron chi connectivity index (χ2n) is 4.35. The second-order valence-corrected chi connectivity index (χ2v) is 4.35. The van der Waals surface area contributed by atoms with Crippen LogP contribution in [0.4, 0.5) is 5.82 Å². The van der Waals surface area contributed by atoms with Crippen molar-refractivity contribution in [2.45, 2.75) is 25.4 Å². The average Bonchev–Trinajstić information content (AvgIpc) is 2.37. The van der Waals surface area contributed by atoms with Gasteiger partial charge in [0.15, 0.2) is 0 Å². The summed E-state index contributed by atoms with van der Waals surface area (Å²) >= 11 is 0. The Morgan fingerprint density at radius 2 is 2.41 bits per heavy atom. The Balaban J connectivity index is 2.04. The van der Waals surface area contributed by atoms with Gasteiger partial charge in [-0.1, -0.05) is 0 Å². The molecule has 0 bridgehead atoms. The van der Waals surface area contributed by atoms with Crippen LogP contribution in [0.25, 0.3) is 0 Å². The average molecular weight is 237 g/mol. The van der Waals surface area contributed by atoms with E-state index in [4.69, 9.17) is 4.74 Å². The zero-order valence-electron chi connectivity index (χ0n) is 10.2. The third kappa shape index (κ3) is 3.38. The molecule has 94 valence electrons. The predicted octanol–water partition coefficient (Wildman–Crippen LogP) is 0.627. The molecule has 2 rings (SSSR count). The number of methoxy groups -OCH3 is 1. The van der Waals surface area contributed by atoms with Gasteiger partial charge in [0.2, 0.25) is 0 Å². The molecule has 1 atom stereocenters. The van der Waals surface area contributed by atoms with Crippen molar-refractivity contribution in [2.75, 3.05) is 31.7 Å². The molecule has 0 amide bonds. The molecule has 1 N–H and O–H groups in total. The number of aliphatic hydroxyl groups is 1. The lowest BCUT2D eigenvalue weighted by Gasteiger charge is -2.31. The van der Waals surface area contributed by atoms with Gasteiger partial charge >= 0.3 is 0 Å². The first-order valence-corrected chi connectivity index (χ1v) is 6.02. The molecule has 1 aromatic heterocycles. The number of hydrogen-bond donors (Lipinski definition) is 1. The fraction of sp³-hybridized carbons (Fsp3) is 0.667. The van der Waals surface area contributed by atoms with E-state index in [1.807, 2.05) is 6.07 Å². The molecule has 1 aliphatic rings. The van der Waals surface area contributed by atoms with E-state index in [0.717, 1.165) is 37.3 Å². The molecule has 5 nitrogen and oxygen atoms in total. The summed E-state index contributed by atoms with van der Waals surface area (Å²) in [6, 6.07) is 1.98. The highest BCUT2D eigenvalue weighted by Gasteiger charge is 2.18. The minimum absolute atomic E-state index is 0.235. The number of anilines is 1. The van der Waals surface area contributed by atoms with Crippen LogP contribution in [0.2, 0.25) is 0 Å². The van der Waals surface area contributed by atoms with Crippen molar-refractivity contribution >= 4 is 5.82 Å². The van der Waals surface area contributed by atoms with Gasteiger partial charge in [0.05, 0.1) is 12.7 Å². The minimum Gasteiger partial charge on any atom is -0.391 e. The van der Waals surface area contributed by atoms with Crippen molar-refractivity contribution < 1.29 is 9.84 Å². The quantitative estimate of drug-likeness (QED) is 0.832. The molecule has 5 heteroatoms. The molecule has 0 aromatic carbocycles. The van der Waals surface area contributed by atoms with Crippen molar-refractivity contribution in [3.8, 4) is 0 Å². The maximum atomic E-state index is 9.65. The second kappa shape index (κ2) is 5.93. The molecule has 0 spiro atoms. The molecule has 1 fully saturated rings. The van der Waals surface area contributed by atoms with E-state index < -0.39 is 0 Å². The number of hydrogen-bond acceptors (Lipinski definition) is 5. The lowest BCUT2D eigenvalue weighted by molar-refractivity contribution is 0.154. The SMILES string of the molecule is COCCc1cc(N2CCCC(O)C2)ncn1. The van der Waals surface area contributed by atoms with E-state index >= 15 is 0 Å². The Morgan fingerprint density at radius 3 is 3.18 bits per heavy atom. The lowest BCUT2D eigenvalue weighted by Crippen LogP contribution is -2.38. The topological polar surface area (TPSA) is 58.5 Å². The molecular formula is C12H19N3O2. The van der Waals surface area contributed by atoms with Crippen molar-refractivity contribution in [1.29, 1.82) is 0 Å². The van der Waals surface area contributed by atoms with Crippen molar-refractivity contribution in [3.63, 3.8) is 0 Å². The van der Waals surface area contributed by atoms with Crippen LogP contribution < -0.4 is 4.90 Å². The van der Waals surface area contributed by atoms with E-state index in [1.165, 1.54) is 0 Å². The first-order valence-electron chi connectivity index (χ1n) is 6.02. The summed E-state index contributed by atoms with van der Waals surface area (Å²) in [6.07, 6.45) is 4.04. The number of ether oxygens (including phenoxy) is 1. The summed E-state index contributed by atoms with van der Waals surface area (Å²) in [7, 11) is 1.68. The summed E-state index contributed by atoms with van der Waals surface area (Å²) in [6.45, 7) is 2.29. The summed E-state index contributed by atoms with van der Waals surface area (Å²) in [5.41, 5.74) is 0.983. The Kier molecular flexibility index (Phi) is 4.28. The van der Waals surface area contributed by atoms with E-state index in [-0.39, 0.29) is 6.10 Å². The number of rotatable bonds is 4. The van der Waals surface area contributed by atoms with Gasteiger partial charge in [-0.2, -0.15) is 0 Å². The highest BCUT2D eigenvalue weighted by atomic mass is 16.5. The molecule has 1 aliphatic heterocycles. The number of β-amino-alcohol motifs (C(OH)–C–C–N with tert-alkyl or cyclic N) is 1. The molecule has 0 radical (unpaired) electrons. The summed E-state index contributed by atoms with van der Waals surface area (Å²) in [4.78, 5) is 10.6. The van der Waals surface area contributed by atoms with Crippen LogP contribution in [-0.2, 0) is 11.2 Å². The summed E-state index contributed by atoms with van der Waals surface area (Å²) in [5, 5.41) is 9.65. The fourth-order valence-electron chi connectivity index (χ4n) is 2.06. The molecule has 1 aromatic rings. The maximum absolute atomic E-state index is 9.65. The van der Waals surface area contributed by atoms with Crippen LogP contribution >= 0.6 is 0 Å². The Bertz CT molecular complexity index is 359. The molecule has 1 unspecified atom stereocenters. The molecule has 0 aliphatic carbocycles. The number of nitrogens with zero attached hydrogens (tertiary/aromatic N) is 3. The van der Waals surface area contributed by atoms with Crippen LogP contribution in [0.1, 0.15) is 18.5 Å². The smallest absolute Gasteiger partial charge is 0.132 e. The standard InChI is InChI=1S/C12H19N3O2/c1-17-6-4-10-7-12(14-9-13-10)15-5-2-3-11(16)8-15/h7,9,11,16H,2-6,8H2,1H3. The normalized spacial score (nSPS) is 20.6. The predicted molar refractivity (Wildman–Crippen MR) is 65.1 cm³/mol. The third-order valence-electron chi connectivity index (χ3n) is 2.99. The van der Waals surface area contributed by atoms with Gasteiger partial charge in [0, 0.05) is 38.4 Å². The highest BCUT2D eigenvalue weighted by Crippen LogP contribution is 2.17. The first-order chi connectivity index (χ1) is 8.29.